The van der Waals surface area contributed by atoms with Crippen molar-refractivity contribution in [3.05, 3.63) is 36.0 Å². The fourth-order valence-corrected chi connectivity index (χ4v) is 6.27. The third-order valence-electron chi connectivity index (χ3n) is 7.28. The minimum atomic E-state index is 0.297. The molecule has 0 saturated carbocycles. The number of benzene rings is 1. The molecule has 0 unspecified atom stereocenters. The first kappa shape index (κ1) is 27.9. The second kappa shape index (κ2) is 16.9. The van der Waals surface area contributed by atoms with Crippen molar-refractivity contribution in [3.8, 4) is 10.6 Å². The Labute approximate surface area is 218 Å². The van der Waals surface area contributed by atoms with Crippen LogP contribution in [-0.2, 0) is 11.2 Å². The van der Waals surface area contributed by atoms with Crippen LogP contribution in [-0.4, -0.2) is 17.4 Å². The monoisotopic (exact) mass is 496 g/mol. The van der Waals surface area contributed by atoms with Crippen LogP contribution in [0, 0.1) is 0 Å². The largest absolute Gasteiger partial charge is 0.302 e. The van der Waals surface area contributed by atoms with Crippen molar-refractivity contribution >= 4 is 22.2 Å². The highest BCUT2D eigenvalue weighted by Crippen LogP contribution is 2.37. The molecule has 0 aliphatic carbocycles. The van der Waals surface area contributed by atoms with Crippen molar-refractivity contribution in [1.29, 1.82) is 0 Å². The van der Waals surface area contributed by atoms with Crippen LogP contribution in [0.25, 0.3) is 10.6 Å². The molecule has 2 aromatic rings. The van der Waals surface area contributed by atoms with Crippen molar-refractivity contribution in [2.24, 2.45) is 0 Å². The van der Waals surface area contributed by atoms with Gasteiger partial charge in [0.2, 0.25) is 5.91 Å². The van der Waals surface area contributed by atoms with Crippen LogP contribution in [0.2, 0.25) is 0 Å². The number of rotatable bonds is 17. The van der Waals surface area contributed by atoms with E-state index in [1.54, 1.807) is 11.3 Å². The molecule has 35 heavy (non-hydrogen) atoms. The second-order valence-corrected chi connectivity index (χ2v) is 11.3. The van der Waals surface area contributed by atoms with Crippen molar-refractivity contribution in [3.63, 3.8) is 0 Å². The Morgan fingerprint density at radius 3 is 1.97 bits per heavy atom. The Morgan fingerprint density at radius 2 is 1.37 bits per heavy atom. The minimum Gasteiger partial charge on any atom is -0.302 e. The van der Waals surface area contributed by atoms with Gasteiger partial charge in [-0.25, -0.2) is 4.98 Å². The molecule has 1 aliphatic heterocycles. The molecule has 194 valence electrons. The van der Waals surface area contributed by atoms with E-state index in [1.807, 2.05) is 6.07 Å². The first-order valence-corrected chi connectivity index (χ1v) is 15.5. The van der Waals surface area contributed by atoms with Crippen molar-refractivity contribution in [1.82, 2.24) is 4.98 Å². The summed E-state index contributed by atoms with van der Waals surface area (Å²) in [5.41, 5.74) is 2.27. The molecule has 3 nitrogen and oxygen atoms in total. The van der Waals surface area contributed by atoms with Crippen molar-refractivity contribution < 1.29 is 4.79 Å². The third-order valence-corrected chi connectivity index (χ3v) is 8.45. The number of thiazole rings is 1. The Kier molecular flexibility index (Phi) is 13.5. The average molecular weight is 497 g/mol. The SMILES string of the molecule is CCCCCCCCCCCCCCCCCC(=O)N1CCCCc2nc(-c3ccccc3)sc21. The maximum Gasteiger partial charge on any atom is 0.227 e. The number of aryl methyl sites for hydroxylation is 1. The maximum absolute atomic E-state index is 13.1. The molecule has 1 aromatic heterocycles. The highest BCUT2D eigenvalue weighted by Gasteiger charge is 2.25. The number of anilines is 1. The molecule has 1 aromatic carbocycles. The first-order valence-electron chi connectivity index (χ1n) is 14.6. The van der Waals surface area contributed by atoms with Crippen molar-refractivity contribution in [2.75, 3.05) is 11.4 Å². The standard InChI is InChI=1S/C31H48N2OS/c1-2-3-4-5-6-7-8-9-10-11-12-13-14-15-19-25-29(34)33-26-21-20-24-28-31(33)35-30(32-28)27-22-17-16-18-23-27/h16-18,22-23H,2-15,19-21,24-26H2,1H3. The molecule has 3 rings (SSSR count). The van der Waals surface area contributed by atoms with E-state index in [0.717, 1.165) is 53.5 Å². The summed E-state index contributed by atoms with van der Waals surface area (Å²) in [6.07, 6.45) is 24.2. The van der Waals surface area contributed by atoms with Crippen LogP contribution < -0.4 is 4.90 Å². The average Bonchev–Trinajstić information content (AvgIpc) is 3.20. The lowest BCUT2D eigenvalue weighted by Gasteiger charge is -2.20. The van der Waals surface area contributed by atoms with Crippen LogP contribution in [0.1, 0.15) is 128 Å². The topological polar surface area (TPSA) is 33.2 Å². The van der Waals surface area contributed by atoms with Gasteiger partial charge in [-0.15, -0.1) is 0 Å². The van der Waals surface area contributed by atoms with Gasteiger partial charge in [-0.1, -0.05) is 138 Å². The molecule has 1 aliphatic rings. The molecular formula is C31H48N2OS. The number of carbonyl (C=O) groups excluding carboxylic acids is 1. The molecule has 0 spiro atoms. The fourth-order valence-electron chi connectivity index (χ4n) is 5.11. The zero-order chi connectivity index (χ0) is 24.6. The predicted molar refractivity (Wildman–Crippen MR) is 152 cm³/mol. The first-order chi connectivity index (χ1) is 17.3. The van der Waals surface area contributed by atoms with E-state index in [9.17, 15) is 4.79 Å². The van der Waals surface area contributed by atoms with E-state index in [-0.39, 0.29) is 0 Å². The van der Waals surface area contributed by atoms with Gasteiger partial charge in [-0.05, 0) is 25.7 Å². The molecule has 4 heteroatoms. The lowest BCUT2D eigenvalue weighted by Crippen LogP contribution is -2.30. The quantitative estimate of drug-likeness (QED) is 0.204. The summed E-state index contributed by atoms with van der Waals surface area (Å²) >= 11 is 1.70. The highest BCUT2D eigenvalue weighted by atomic mass is 32.1. The van der Waals surface area contributed by atoms with Crippen LogP contribution in [0.15, 0.2) is 30.3 Å². The van der Waals surface area contributed by atoms with Crippen LogP contribution >= 0.6 is 11.3 Å². The molecule has 0 atom stereocenters. The number of unbranched alkanes of at least 4 members (excludes halogenated alkanes) is 14. The summed E-state index contributed by atoms with van der Waals surface area (Å²) in [7, 11) is 0. The lowest BCUT2D eigenvalue weighted by molar-refractivity contribution is -0.118. The number of amides is 1. The Hall–Kier alpha value is -1.68. The van der Waals surface area contributed by atoms with E-state index in [0.29, 0.717) is 12.3 Å². The van der Waals surface area contributed by atoms with Crippen LogP contribution in [0.5, 0.6) is 0 Å². The summed E-state index contributed by atoms with van der Waals surface area (Å²) in [6, 6.07) is 10.4. The summed E-state index contributed by atoms with van der Waals surface area (Å²) in [6.45, 7) is 3.13. The van der Waals surface area contributed by atoms with Crippen LogP contribution in [0.4, 0.5) is 5.00 Å². The number of carbonyl (C=O) groups is 1. The molecule has 0 saturated heterocycles. The highest BCUT2D eigenvalue weighted by molar-refractivity contribution is 7.19. The number of hydrogen-bond donors (Lipinski definition) is 0. The van der Waals surface area contributed by atoms with E-state index in [4.69, 9.17) is 4.98 Å². The summed E-state index contributed by atoms with van der Waals surface area (Å²) in [4.78, 5) is 20.1. The number of aromatic nitrogens is 1. The van der Waals surface area contributed by atoms with E-state index < -0.39 is 0 Å². The summed E-state index contributed by atoms with van der Waals surface area (Å²) in [5.74, 6) is 0.297. The Bertz CT molecular complexity index is 832. The third kappa shape index (κ3) is 10.1. The zero-order valence-corrected chi connectivity index (χ0v) is 23.1. The van der Waals surface area contributed by atoms with Gasteiger partial charge in [0.1, 0.15) is 10.0 Å². The van der Waals surface area contributed by atoms with Gasteiger partial charge < -0.3 is 4.90 Å². The van der Waals surface area contributed by atoms with Gasteiger partial charge >= 0.3 is 0 Å². The van der Waals surface area contributed by atoms with Gasteiger partial charge in [0.15, 0.2) is 0 Å². The molecule has 0 N–H and O–H groups in total. The molecule has 0 fully saturated rings. The van der Waals surface area contributed by atoms with Crippen LogP contribution in [0.3, 0.4) is 0 Å². The Morgan fingerprint density at radius 1 is 0.800 bits per heavy atom. The summed E-state index contributed by atoms with van der Waals surface area (Å²) in [5, 5.41) is 2.15. The molecular weight excluding hydrogens is 448 g/mol. The number of fused-ring (bicyclic) bond motifs is 1. The molecule has 2 heterocycles. The van der Waals surface area contributed by atoms with Gasteiger partial charge in [0.05, 0.1) is 5.69 Å². The van der Waals surface area contributed by atoms with E-state index in [1.165, 1.54) is 89.9 Å². The van der Waals surface area contributed by atoms with Gasteiger partial charge in [0, 0.05) is 18.5 Å². The zero-order valence-electron chi connectivity index (χ0n) is 22.2. The minimum absolute atomic E-state index is 0.297. The smallest absolute Gasteiger partial charge is 0.227 e. The normalized spacial score (nSPS) is 13.6. The van der Waals surface area contributed by atoms with Gasteiger partial charge in [0.25, 0.3) is 0 Å². The van der Waals surface area contributed by atoms with Crippen molar-refractivity contribution in [2.45, 2.75) is 129 Å². The Balaban J connectivity index is 1.27. The summed E-state index contributed by atoms with van der Waals surface area (Å²) < 4.78 is 0. The second-order valence-electron chi connectivity index (χ2n) is 10.3. The lowest BCUT2D eigenvalue weighted by atomic mass is 10.0. The number of nitrogens with zero attached hydrogens (tertiary/aromatic N) is 2. The van der Waals surface area contributed by atoms with E-state index in [2.05, 4.69) is 36.1 Å². The fraction of sp³-hybridized carbons (Fsp3) is 0.677. The maximum atomic E-state index is 13.1. The molecule has 1 amide bonds. The van der Waals surface area contributed by atoms with E-state index >= 15 is 0 Å². The predicted octanol–water partition coefficient (Wildman–Crippen LogP) is 9.74. The van der Waals surface area contributed by atoms with Gasteiger partial charge in [-0.3, -0.25) is 4.79 Å². The van der Waals surface area contributed by atoms with Gasteiger partial charge in [-0.2, -0.15) is 0 Å². The number of hydrogen-bond acceptors (Lipinski definition) is 3. The molecule has 0 bridgehead atoms. The molecule has 0 radical (unpaired) electrons.